The highest BCUT2D eigenvalue weighted by atomic mass is 16.5. The molecule has 2 heterocycles. The highest BCUT2D eigenvalue weighted by molar-refractivity contribution is 6.02. The summed E-state index contributed by atoms with van der Waals surface area (Å²) in [4.78, 5) is 20.0. The number of carbonyl (C=O) groups excluding carboxylic acids is 1. The van der Waals surface area contributed by atoms with Crippen LogP contribution >= 0.6 is 0 Å². The van der Waals surface area contributed by atoms with Crippen LogP contribution < -0.4 is 10.1 Å². The van der Waals surface area contributed by atoms with E-state index in [0.29, 0.717) is 11.6 Å². The van der Waals surface area contributed by atoms with E-state index in [4.69, 9.17) is 4.74 Å². The third kappa shape index (κ3) is 5.46. The van der Waals surface area contributed by atoms with Crippen LogP contribution in [0.5, 0.6) is 5.75 Å². The summed E-state index contributed by atoms with van der Waals surface area (Å²) in [5.41, 5.74) is 4.44. The van der Waals surface area contributed by atoms with Gasteiger partial charge in [0.2, 0.25) is 5.95 Å². The molecule has 2 aromatic carbocycles. The number of rotatable bonds is 10. The first kappa shape index (κ1) is 23.5. The molecule has 0 aliphatic carbocycles. The van der Waals surface area contributed by atoms with E-state index >= 15 is 0 Å². The Labute approximate surface area is 200 Å². The molecule has 0 saturated heterocycles. The molecule has 1 amide bonds. The van der Waals surface area contributed by atoms with Crippen molar-refractivity contribution >= 4 is 22.9 Å². The molecule has 0 atom stereocenters. The summed E-state index contributed by atoms with van der Waals surface area (Å²) in [5, 5.41) is 7.34. The SMILES string of the molecule is CCN(CC)CCn1c(NC(=O)c2ccn(COc3cc(C)cc(C)c3)n2)nc2ccccc21. The first-order valence-electron chi connectivity index (χ1n) is 11.7. The van der Waals surface area contributed by atoms with Gasteiger partial charge in [0.15, 0.2) is 12.4 Å². The highest BCUT2D eigenvalue weighted by Crippen LogP contribution is 2.20. The average molecular weight is 461 g/mol. The van der Waals surface area contributed by atoms with E-state index in [0.717, 1.165) is 54.1 Å². The summed E-state index contributed by atoms with van der Waals surface area (Å²) in [5.74, 6) is 1.00. The fourth-order valence-corrected chi connectivity index (χ4v) is 4.06. The number of nitrogens with one attached hydrogen (secondary N) is 1. The Kier molecular flexibility index (Phi) is 7.27. The van der Waals surface area contributed by atoms with E-state index in [2.05, 4.69) is 44.8 Å². The Balaban J connectivity index is 1.47. The van der Waals surface area contributed by atoms with E-state index in [1.165, 1.54) is 0 Å². The van der Waals surface area contributed by atoms with Gasteiger partial charge in [-0.05, 0) is 68.4 Å². The van der Waals surface area contributed by atoms with Gasteiger partial charge in [-0.15, -0.1) is 0 Å². The number of aryl methyl sites for hydroxylation is 2. The lowest BCUT2D eigenvalue weighted by Crippen LogP contribution is -2.27. The van der Waals surface area contributed by atoms with Gasteiger partial charge < -0.3 is 14.2 Å². The van der Waals surface area contributed by atoms with E-state index in [9.17, 15) is 4.79 Å². The summed E-state index contributed by atoms with van der Waals surface area (Å²) < 4.78 is 9.52. The Hall–Kier alpha value is -3.65. The number of para-hydroxylation sites is 2. The van der Waals surface area contributed by atoms with Crippen molar-refractivity contribution in [3.05, 3.63) is 71.5 Å². The van der Waals surface area contributed by atoms with Gasteiger partial charge in [0.25, 0.3) is 5.91 Å². The summed E-state index contributed by atoms with van der Waals surface area (Å²) in [6.07, 6.45) is 1.74. The molecule has 0 aliphatic rings. The molecule has 178 valence electrons. The second kappa shape index (κ2) is 10.5. The second-order valence-electron chi connectivity index (χ2n) is 8.39. The summed E-state index contributed by atoms with van der Waals surface area (Å²) in [6, 6.07) is 15.7. The van der Waals surface area contributed by atoms with Crippen molar-refractivity contribution in [2.24, 2.45) is 0 Å². The molecule has 0 saturated carbocycles. The molecule has 0 radical (unpaired) electrons. The molecule has 8 nitrogen and oxygen atoms in total. The molecule has 34 heavy (non-hydrogen) atoms. The molecule has 8 heteroatoms. The third-order valence-electron chi connectivity index (χ3n) is 5.85. The van der Waals surface area contributed by atoms with Gasteiger partial charge in [-0.1, -0.05) is 32.0 Å². The Morgan fingerprint density at radius 3 is 2.53 bits per heavy atom. The van der Waals surface area contributed by atoms with Gasteiger partial charge >= 0.3 is 0 Å². The standard InChI is InChI=1S/C26H32N6O2/c1-5-30(6-2)13-14-32-24-10-8-7-9-22(24)27-26(32)28-25(33)23-11-12-31(29-23)18-34-21-16-19(3)15-20(4)17-21/h7-12,15-17H,5-6,13-14,18H2,1-4H3,(H,27,28,33). The maximum Gasteiger partial charge on any atom is 0.278 e. The minimum Gasteiger partial charge on any atom is -0.471 e. The predicted molar refractivity (Wildman–Crippen MR) is 134 cm³/mol. The molecule has 0 bridgehead atoms. The minimum absolute atomic E-state index is 0.221. The second-order valence-corrected chi connectivity index (χ2v) is 8.39. The number of likely N-dealkylation sites (N-methyl/N-ethyl adjacent to an activating group) is 1. The number of aromatic nitrogens is 4. The van der Waals surface area contributed by atoms with Crippen LogP contribution in [0.2, 0.25) is 0 Å². The number of carbonyl (C=O) groups is 1. The molecule has 0 unspecified atom stereocenters. The molecule has 4 rings (SSSR count). The lowest BCUT2D eigenvalue weighted by atomic mass is 10.1. The number of anilines is 1. The van der Waals surface area contributed by atoms with Gasteiger partial charge in [0.1, 0.15) is 5.75 Å². The largest absolute Gasteiger partial charge is 0.471 e. The van der Waals surface area contributed by atoms with E-state index in [-0.39, 0.29) is 12.6 Å². The molecular weight excluding hydrogens is 428 g/mol. The fourth-order valence-electron chi connectivity index (χ4n) is 4.06. The lowest BCUT2D eigenvalue weighted by molar-refractivity contribution is 0.101. The quantitative estimate of drug-likeness (QED) is 0.378. The van der Waals surface area contributed by atoms with Crippen molar-refractivity contribution in [3.63, 3.8) is 0 Å². The minimum atomic E-state index is -0.301. The Bertz CT molecular complexity index is 1250. The number of hydrogen-bond acceptors (Lipinski definition) is 5. The smallest absolute Gasteiger partial charge is 0.278 e. The number of ether oxygens (including phenoxy) is 1. The predicted octanol–water partition coefficient (Wildman–Crippen LogP) is 4.48. The average Bonchev–Trinajstić information content (AvgIpc) is 3.43. The van der Waals surface area contributed by atoms with E-state index in [1.54, 1.807) is 16.9 Å². The molecule has 2 aromatic heterocycles. The van der Waals surface area contributed by atoms with E-state index in [1.807, 2.05) is 50.2 Å². The number of fused-ring (bicyclic) bond motifs is 1. The first-order valence-corrected chi connectivity index (χ1v) is 11.7. The van der Waals surface area contributed by atoms with Crippen LogP contribution in [0.4, 0.5) is 5.95 Å². The molecule has 0 aliphatic heterocycles. The van der Waals surface area contributed by atoms with Crippen LogP contribution in [0.25, 0.3) is 11.0 Å². The van der Waals surface area contributed by atoms with Crippen molar-refractivity contribution in [2.75, 3.05) is 25.0 Å². The zero-order chi connectivity index (χ0) is 24.1. The van der Waals surface area contributed by atoms with Crippen molar-refractivity contribution in [2.45, 2.75) is 41.0 Å². The summed E-state index contributed by atoms with van der Waals surface area (Å²) in [6.45, 7) is 12.2. The topological polar surface area (TPSA) is 77.2 Å². The number of imidazole rings is 1. The summed E-state index contributed by atoms with van der Waals surface area (Å²) >= 11 is 0. The first-order chi connectivity index (χ1) is 16.5. The number of hydrogen-bond donors (Lipinski definition) is 1. The van der Waals surface area contributed by atoms with E-state index < -0.39 is 0 Å². The number of nitrogens with zero attached hydrogens (tertiary/aromatic N) is 5. The van der Waals surface area contributed by atoms with Crippen LogP contribution in [0, 0.1) is 13.8 Å². The van der Waals surface area contributed by atoms with Gasteiger partial charge in [-0.2, -0.15) is 5.10 Å². The van der Waals surface area contributed by atoms with Gasteiger partial charge in [-0.25, -0.2) is 9.67 Å². The Morgan fingerprint density at radius 2 is 1.79 bits per heavy atom. The highest BCUT2D eigenvalue weighted by Gasteiger charge is 2.17. The third-order valence-corrected chi connectivity index (χ3v) is 5.85. The van der Waals surface area contributed by atoms with Gasteiger partial charge in [-0.3, -0.25) is 10.1 Å². The molecule has 4 aromatic rings. The molecular formula is C26H32N6O2. The van der Waals surface area contributed by atoms with Gasteiger partial charge in [0, 0.05) is 19.3 Å². The monoisotopic (exact) mass is 460 g/mol. The number of amides is 1. The lowest BCUT2D eigenvalue weighted by Gasteiger charge is -2.19. The zero-order valence-corrected chi connectivity index (χ0v) is 20.3. The fraction of sp³-hybridized carbons (Fsp3) is 0.346. The van der Waals surface area contributed by atoms with Crippen LogP contribution in [0.1, 0.15) is 35.5 Å². The zero-order valence-electron chi connectivity index (χ0n) is 20.3. The van der Waals surface area contributed by atoms with Crippen LogP contribution in [-0.2, 0) is 13.3 Å². The number of benzene rings is 2. The maximum atomic E-state index is 13.0. The van der Waals surface area contributed by atoms with Crippen molar-refractivity contribution in [3.8, 4) is 5.75 Å². The van der Waals surface area contributed by atoms with Crippen molar-refractivity contribution in [1.29, 1.82) is 0 Å². The van der Waals surface area contributed by atoms with Gasteiger partial charge in [0.05, 0.1) is 11.0 Å². The molecule has 1 N–H and O–H groups in total. The Morgan fingerprint density at radius 1 is 1.06 bits per heavy atom. The normalized spacial score (nSPS) is 11.3. The van der Waals surface area contributed by atoms with Crippen molar-refractivity contribution in [1.82, 2.24) is 24.2 Å². The van der Waals surface area contributed by atoms with Crippen molar-refractivity contribution < 1.29 is 9.53 Å². The van der Waals surface area contributed by atoms with Crippen LogP contribution in [-0.4, -0.2) is 49.8 Å². The van der Waals surface area contributed by atoms with Crippen LogP contribution in [0.3, 0.4) is 0 Å². The maximum absolute atomic E-state index is 13.0. The molecule has 0 spiro atoms. The van der Waals surface area contributed by atoms with Crippen LogP contribution in [0.15, 0.2) is 54.7 Å². The molecule has 0 fully saturated rings. The summed E-state index contributed by atoms with van der Waals surface area (Å²) in [7, 11) is 0.